The number of amides is 2. The van der Waals surface area contributed by atoms with E-state index in [1.54, 1.807) is 0 Å². The number of carbonyl (C=O) groups is 2. The predicted molar refractivity (Wildman–Crippen MR) is 195 cm³/mol. The zero-order chi connectivity index (χ0) is 35.9. The maximum absolute atomic E-state index is 14.2. The highest BCUT2D eigenvalue weighted by atomic mass is 19.1. The molecule has 274 valence electrons. The highest BCUT2D eigenvalue weighted by Crippen LogP contribution is 2.39. The summed E-state index contributed by atoms with van der Waals surface area (Å²) in [5.74, 6) is -0.741. The summed E-state index contributed by atoms with van der Waals surface area (Å²) < 4.78 is 26.5. The minimum atomic E-state index is -0.818. The Morgan fingerprint density at radius 2 is 1.61 bits per heavy atom. The topological polar surface area (TPSA) is 130 Å². The second kappa shape index (κ2) is 17.1. The van der Waals surface area contributed by atoms with Crippen LogP contribution in [0, 0.1) is 5.82 Å². The Bertz CT molecular complexity index is 1640. The monoisotopic (exact) mass is 701 g/mol. The molecule has 0 atom stereocenters. The molecule has 2 amide bonds. The minimum absolute atomic E-state index is 0.0309. The van der Waals surface area contributed by atoms with Gasteiger partial charge < -0.3 is 25.8 Å². The van der Waals surface area contributed by atoms with Gasteiger partial charge >= 0.3 is 0 Å². The van der Waals surface area contributed by atoms with Gasteiger partial charge in [0.15, 0.2) is 0 Å². The van der Waals surface area contributed by atoms with Crippen LogP contribution in [0.5, 0.6) is 11.6 Å². The number of nitrogens with zero attached hydrogens (tertiary/aromatic N) is 5. The average molecular weight is 702 g/mol. The van der Waals surface area contributed by atoms with Crippen molar-refractivity contribution >= 4 is 11.8 Å². The van der Waals surface area contributed by atoms with Crippen molar-refractivity contribution in [2.45, 2.75) is 70.7 Å². The number of primary amides is 1. The number of halogens is 1. The normalized spacial score (nSPS) is 20.7. The molecule has 1 aliphatic carbocycles. The van der Waals surface area contributed by atoms with Crippen LogP contribution in [0.25, 0.3) is 11.1 Å². The Morgan fingerprint density at radius 1 is 0.941 bits per heavy atom. The van der Waals surface area contributed by atoms with Crippen LogP contribution in [0.2, 0.25) is 0 Å². The summed E-state index contributed by atoms with van der Waals surface area (Å²) in [5.41, 5.74) is 15.6. The van der Waals surface area contributed by atoms with Gasteiger partial charge in [0, 0.05) is 81.6 Å². The molecule has 51 heavy (non-hydrogen) atoms. The van der Waals surface area contributed by atoms with E-state index in [9.17, 15) is 14.0 Å². The molecular weight excluding hydrogens is 649 g/mol. The Hall–Kier alpha value is -3.94. The highest BCUT2D eigenvalue weighted by Gasteiger charge is 2.31. The van der Waals surface area contributed by atoms with Crippen LogP contribution >= 0.6 is 0 Å². The van der Waals surface area contributed by atoms with E-state index in [1.807, 2.05) is 18.2 Å². The summed E-state index contributed by atoms with van der Waals surface area (Å²) in [4.78, 5) is 39.2. The standard InChI is InChI=1S/C39H52FN7O4/c1-27(2)47(32-11-9-31(41)10-12-32)36(48)26-45-16-14-44(15-17-45)24-29-8-13-33(28-6-4-3-5-7-28)35(25-46-18-20-50-21-19-46)37(29)51-39-34(38(42)49)22-30(40)23-43-39/h3-8,13,22-23,27,31-32H,9-12,14-21,24-26,41H2,1-2H3,(H2,42,49). The molecule has 0 bridgehead atoms. The van der Waals surface area contributed by atoms with Crippen molar-refractivity contribution in [3.8, 4) is 22.8 Å². The van der Waals surface area contributed by atoms with E-state index < -0.39 is 11.7 Å². The second-order valence-electron chi connectivity index (χ2n) is 14.3. The van der Waals surface area contributed by atoms with Gasteiger partial charge in [0.25, 0.3) is 5.91 Å². The molecule has 0 radical (unpaired) electrons. The maximum atomic E-state index is 14.2. The van der Waals surface area contributed by atoms with E-state index in [0.717, 1.165) is 99.5 Å². The molecule has 12 heteroatoms. The van der Waals surface area contributed by atoms with Crippen molar-refractivity contribution in [2.24, 2.45) is 11.5 Å². The summed E-state index contributed by atoms with van der Waals surface area (Å²) in [7, 11) is 0. The van der Waals surface area contributed by atoms with Gasteiger partial charge in [-0.15, -0.1) is 0 Å². The number of benzene rings is 2. The van der Waals surface area contributed by atoms with Crippen molar-refractivity contribution in [3.63, 3.8) is 0 Å². The van der Waals surface area contributed by atoms with Gasteiger partial charge in [0.05, 0.1) is 26.0 Å². The number of hydrogen-bond acceptors (Lipinski definition) is 9. The molecule has 2 aromatic carbocycles. The maximum Gasteiger partial charge on any atom is 0.254 e. The van der Waals surface area contributed by atoms with E-state index in [4.69, 9.17) is 20.9 Å². The number of carbonyl (C=O) groups excluding carboxylic acids is 2. The number of hydrogen-bond donors (Lipinski definition) is 2. The summed E-state index contributed by atoms with van der Waals surface area (Å²) >= 11 is 0. The smallest absolute Gasteiger partial charge is 0.254 e. The molecule has 0 unspecified atom stereocenters. The average Bonchev–Trinajstić information content (AvgIpc) is 3.12. The molecule has 3 aliphatic rings. The zero-order valence-electron chi connectivity index (χ0n) is 29.9. The molecule has 6 rings (SSSR count). The third-order valence-corrected chi connectivity index (χ3v) is 10.4. The lowest BCUT2D eigenvalue weighted by Crippen LogP contribution is -2.53. The number of piperazine rings is 1. The third-order valence-electron chi connectivity index (χ3n) is 10.4. The lowest BCUT2D eigenvalue weighted by atomic mass is 9.90. The first-order valence-electron chi connectivity index (χ1n) is 18.3. The first-order valence-corrected chi connectivity index (χ1v) is 18.3. The van der Waals surface area contributed by atoms with E-state index in [2.05, 4.69) is 62.7 Å². The largest absolute Gasteiger partial charge is 0.437 e. The minimum Gasteiger partial charge on any atom is -0.437 e. The van der Waals surface area contributed by atoms with Crippen molar-refractivity contribution in [1.82, 2.24) is 24.6 Å². The van der Waals surface area contributed by atoms with Crippen LogP contribution in [0.3, 0.4) is 0 Å². The quantitative estimate of drug-likeness (QED) is 0.285. The van der Waals surface area contributed by atoms with E-state index >= 15 is 0 Å². The lowest BCUT2D eigenvalue weighted by molar-refractivity contribution is -0.138. The number of rotatable bonds is 12. The first-order chi connectivity index (χ1) is 24.7. The molecule has 2 saturated heterocycles. The Labute approximate surface area is 300 Å². The summed E-state index contributed by atoms with van der Waals surface area (Å²) in [6.07, 6.45) is 4.90. The number of morpholine rings is 1. The van der Waals surface area contributed by atoms with Gasteiger partial charge in [-0.3, -0.25) is 24.3 Å². The molecule has 11 nitrogen and oxygen atoms in total. The molecule has 3 heterocycles. The molecule has 2 aliphatic heterocycles. The van der Waals surface area contributed by atoms with Crippen molar-refractivity contribution in [2.75, 3.05) is 59.0 Å². The number of ether oxygens (including phenoxy) is 2. The second-order valence-corrected chi connectivity index (χ2v) is 14.3. The lowest BCUT2D eigenvalue weighted by Gasteiger charge is -2.41. The van der Waals surface area contributed by atoms with Gasteiger partial charge in [-0.1, -0.05) is 42.5 Å². The van der Waals surface area contributed by atoms with Crippen molar-refractivity contribution in [3.05, 3.63) is 77.2 Å². The van der Waals surface area contributed by atoms with E-state index in [0.29, 0.717) is 38.6 Å². The predicted octanol–water partition coefficient (Wildman–Crippen LogP) is 4.24. The van der Waals surface area contributed by atoms with Crippen LogP contribution in [0.4, 0.5) is 4.39 Å². The van der Waals surface area contributed by atoms with Gasteiger partial charge in [0.2, 0.25) is 11.8 Å². The Balaban J connectivity index is 1.25. The third kappa shape index (κ3) is 9.30. The van der Waals surface area contributed by atoms with Crippen LogP contribution in [-0.4, -0.2) is 114 Å². The van der Waals surface area contributed by atoms with Crippen molar-refractivity contribution in [1.29, 1.82) is 0 Å². The molecular formula is C39H52FN7O4. The van der Waals surface area contributed by atoms with Gasteiger partial charge in [0.1, 0.15) is 17.1 Å². The van der Waals surface area contributed by atoms with E-state index in [1.165, 1.54) is 0 Å². The molecule has 0 spiro atoms. The van der Waals surface area contributed by atoms with Gasteiger partial charge in [-0.05, 0) is 56.7 Å². The fourth-order valence-electron chi connectivity index (χ4n) is 7.65. The summed E-state index contributed by atoms with van der Waals surface area (Å²) in [6, 6.07) is 16.0. The number of nitrogens with two attached hydrogens (primary N) is 2. The SMILES string of the molecule is CC(C)N(C(=O)CN1CCN(Cc2ccc(-c3ccccc3)c(CN3CCOCC3)c2Oc2ncc(F)cc2C(N)=O)CC1)C1CCC(N)CC1. The van der Waals surface area contributed by atoms with Crippen LogP contribution in [-0.2, 0) is 22.6 Å². The van der Waals surface area contributed by atoms with Crippen molar-refractivity contribution < 1.29 is 23.5 Å². The first kappa shape index (κ1) is 36.8. The van der Waals surface area contributed by atoms with E-state index in [-0.39, 0.29) is 35.5 Å². The molecule has 1 aromatic heterocycles. The zero-order valence-corrected chi connectivity index (χ0v) is 29.9. The number of aromatic nitrogens is 1. The fourth-order valence-corrected chi connectivity index (χ4v) is 7.65. The molecule has 4 N–H and O–H groups in total. The van der Waals surface area contributed by atoms with Gasteiger partial charge in [-0.25, -0.2) is 9.37 Å². The van der Waals surface area contributed by atoms with Crippen LogP contribution in [0.15, 0.2) is 54.7 Å². The van der Waals surface area contributed by atoms with Gasteiger partial charge in [-0.2, -0.15) is 0 Å². The highest BCUT2D eigenvalue weighted by molar-refractivity contribution is 5.95. The molecule has 3 aromatic rings. The summed E-state index contributed by atoms with van der Waals surface area (Å²) in [5, 5.41) is 0. The Kier molecular flexibility index (Phi) is 12.3. The summed E-state index contributed by atoms with van der Waals surface area (Å²) in [6.45, 7) is 11.7. The number of pyridine rings is 1. The Morgan fingerprint density at radius 3 is 2.27 bits per heavy atom. The molecule has 3 fully saturated rings. The van der Waals surface area contributed by atoms with Crippen LogP contribution < -0.4 is 16.2 Å². The van der Waals surface area contributed by atoms with Crippen LogP contribution in [0.1, 0.15) is 61.0 Å². The fraction of sp³-hybridized carbons (Fsp3) is 0.513. The molecule has 1 saturated carbocycles.